The summed E-state index contributed by atoms with van der Waals surface area (Å²) < 4.78 is 22.5. The second-order valence-corrected chi connectivity index (χ2v) is 2.99. The molecule has 0 amide bonds. The van der Waals surface area contributed by atoms with E-state index in [1.54, 1.807) is 0 Å². The van der Waals surface area contributed by atoms with Crippen LogP contribution in [0.5, 0.6) is 0 Å². The van der Waals surface area contributed by atoms with Crippen LogP contribution in [-0.4, -0.2) is 11.8 Å². The number of fused-ring (bicyclic) bond motifs is 1. The monoisotopic (exact) mass is 273 g/mol. The van der Waals surface area contributed by atoms with Crippen molar-refractivity contribution in [3.63, 3.8) is 0 Å². The van der Waals surface area contributed by atoms with E-state index in [4.69, 9.17) is 14.0 Å². The van der Waals surface area contributed by atoms with E-state index in [9.17, 15) is 0 Å². The van der Waals surface area contributed by atoms with E-state index < -0.39 is 0 Å². The second kappa shape index (κ2) is 14.9. The summed E-state index contributed by atoms with van der Waals surface area (Å²) in [7, 11) is 0. The van der Waals surface area contributed by atoms with E-state index in [1.807, 2.05) is 0 Å². The van der Waals surface area contributed by atoms with Gasteiger partial charge in [-0.15, -0.1) is 0 Å². The van der Waals surface area contributed by atoms with Gasteiger partial charge in [-0.3, -0.25) is 4.99 Å². The Balaban J connectivity index is -0.000000248. The van der Waals surface area contributed by atoms with Gasteiger partial charge in [-0.2, -0.15) is 0 Å². The van der Waals surface area contributed by atoms with Crippen LogP contribution in [0.2, 0.25) is 0 Å². The molecule has 0 bridgehead atoms. The van der Waals surface area contributed by atoms with Crippen LogP contribution < -0.4 is 0 Å². The van der Waals surface area contributed by atoms with Crippen LogP contribution in [0, 0.1) is 25.9 Å². The maximum atomic E-state index is 7.50. The summed E-state index contributed by atoms with van der Waals surface area (Å²) in [6, 6.07) is 0.463. The van der Waals surface area contributed by atoms with Gasteiger partial charge < -0.3 is 0 Å². The minimum absolute atomic E-state index is 0. The molecule has 1 aliphatic carbocycles. The summed E-state index contributed by atoms with van der Waals surface area (Å²) in [5, 5.41) is 0. The van der Waals surface area contributed by atoms with Crippen molar-refractivity contribution in [2.45, 2.75) is 19.4 Å². The summed E-state index contributed by atoms with van der Waals surface area (Å²) in [5.74, 6) is 0.671. The topological polar surface area (TPSA) is 72.1 Å². The number of hydrogen-bond acceptors (Lipinski definition) is 1. The molecular formula is C12H11FeNO3. The normalized spacial score (nSPS) is 21.5. The van der Waals surface area contributed by atoms with Gasteiger partial charge in [0.15, 0.2) is 0 Å². The van der Waals surface area contributed by atoms with Crippen molar-refractivity contribution in [1.82, 2.24) is 0 Å². The van der Waals surface area contributed by atoms with Gasteiger partial charge in [-0.25, -0.2) is 0 Å². The molecule has 2 atom stereocenters. The van der Waals surface area contributed by atoms with Crippen LogP contribution in [0.15, 0.2) is 29.3 Å². The first-order chi connectivity index (χ1) is 7.86. The van der Waals surface area contributed by atoms with Gasteiger partial charge in [-0.05, 0) is 13.3 Å². The average molecular weight is 273 g/mol. The summed E-state index contributed by atoms with van der Waals surface area (Å²) in [6.45, 7) is 15.6. The standard InChI is InChI=1S/C9H11N.3CO.Fe/c1-7-6-8-4-2-3-5-9(8)10-7;3*1-2;/h2-5,8-9H,6H2,1H3;;;;/t8-,9-;;;;/m1..../s1. The fourth-order valence-electron chi connectivity index (χ4n) is 1.62. The van der Waals surface area contributed by atoms with E-state index in [0.29, 0.717) is 12.0 Å². The Morgan fingerprint density at radius 2 is 1.53 bits per heavy atom. The quantitative estimate of drug-likeness (QED) is 0.367. The maximum absolute atomic E-state index is 7.50. The molecule has 0 aromatic heterocycles. The summed E-state index contributed by atoms with van der Waals surface area (Å²) in [5.41, 5.74) is 1.30. The van der Waals surface area contributed by atoms with Crippen LogP contribution in [0.25, 0.3) is 0 Å². The van der Waals surface area contributed by atoms with Crippen molar-refractivity contribution >= 4 is 5.71 Å². The minimum atomic E-state index is 0. The van der Waals surface area contributed by atoms with Gasteiger partial charge in [0.05, 0.1) is 6.04 Å². The van der Waals surface area contributed by atoms with Crippen molar-refractivity contribution in [1.29, 1.82) is 0 Å². The van der Waals surface area contributed by atoms with Crippen molar-refractivity contribution < 1.29 is 31.0 Å². The first-order valence-corrected chi connectivity index (χ1v) is 4.36. The van der Waals surface area contributed by atoms with E-state index in [-0.39, 0.29) is 17.1 Å². The van der Waals surface area contributed by atoms with Gasteiger partial charge >= 0.3 is 33.9 Å². The molecule has 2 rings (SSSR count). The summed E-state index contributed by atoms with van der Waals surface area (Å²) in [6.07, 6.45) is 9.80. The van der Waals surface area contributed by atoms with Gasteiger partial charge in [0.1, 0.15) is 0 Å². The van der Waals surface area contributed by atoms with Crippen LogP contribution in [0.3, 0.4) is 0 Å². The SMILES string of the molecule is CC1=N[C@@H]2C=CC=C[C@@H]2C1.[C-]#[O+].[C-]#[O+].[C-]#[O+].[Fe]. The smallest absolute Gasteiger partial charge is 0 e. The van der Waals surface area contributed by atoms with Gasteiger partial charge in [0.25, 0.3) is 0 Å². The molecule has 5 heteroatoms. The zero-order valence-corrected chi connectivity index (χ0v) is 10.3. The third kappa shape index (κ3) is 7.73. The van der Waals surface area contributed by atoms with E-state index in [2.05, 4.69) is 56.2 Å². The Kier molecular flexibility index (Phi) is 18.6. The van der Waals surface area contributed by atoms with Crippen molar-refractivity contribution in [3.05, 3.63) is 44.3 Å². The van der Waals surface area contributed by atoms with Crippen LogP contribution >= 0.6 is 0 Å². The van der Waals surface area contributed by atoms with E-state index in [1.165, 1.54) is 5.71 Å². The molecular weight excluding hydrogens is 262 g/mol. The second-order valence-electron chi connectivity index (χ2n) is 2.99. The molecule has 0 unspecified atom stereocenters. The molecule has 0 spiro atoms. The van der Waals surface area contributed by atoms with Crippen LogP contribution in [0.1, 0.15) is 13.3 Å². The molecule has 4 nitrogen and oxygen atoms in total. The Labute approximate surface area is 112 Å². The van der Waals surface area contributed by atoms with Gasteiger partial charge in [0.2, 0.25) is 0 Å². The molecule has 0 saturated heterocycles. The number of allylic oxidation sites excluding steroid dienone is 2. The average Bonchev–Trinajstić information content (AvgIpc) is 2.76. The molecule has 0 saturated carbocycles. The van der Waals surface area contributed by atoms with Crippen LogP contribution in [0.4, 0.5) is 0 Å². The Morgan fingerprint density at radius 3 is 2.00 bits per heavy atom. The molecule has 1 aliphatic heterocycles. The van der Waals surface area contributed by atoms with E-state index in [0.717, 1.165) is 6.42 Å². The molecule has 0 fully saturated rings. The Hall–Kier alpha value is -1.11. The predicted octanol–water partition coefficient (Wildman–Crippen LogP) is 1.85. The predicted molar refractivity (Wildman–Crippen MR) is 55.1 cm³/mol. The first kappa shape index (κ1) is 21.2. The molecule has 2 aliphatic rings. The minimum Gasteiger partial charge on any atom is 0 e. The van der Waals surface area contributed by atoms with Gasteiger partial charge in [0, 0.05) is 28.7 Å². The molecule has 0 aromatic carbocycles. The first-order valence-electron chi connectivity index (χ1n) is 4.36. The zero-order valence-electron chi connectivity index (χ0n) is 9.20. The third-order valence-corrected chi connectivity index (χ3v) is 2.12. The summed E-state index contributed by atoms with van der Waals surface area (Å²) >= 11 is 0. The third-order valence-electron chi connectivity index (χ3n) is 2.12. The molecule has 0 radical (unpaired) electrons. The Bertz CT molecular complexity index is 325. The number of nitrogens with zero attached hydrogens (tertiary/aromatic N) is 1. The van der Waals surface area contributed by atoms with E-state index >= 15 is 0 Å². The largest absolute Gasteiger partial charge is 0 e. The summed E-state index contributed by atoms with van der Waals surface area (Å²) in [4.78, 5) is 4.49. The van der Waals surface area contributed by atoms with Crippen molar-refractivity contribution in [3.8, 4) is 0 Å². The molecule has 90 valence electrons. The number of hydrogen-bond donors (Lipinski definition) is 0. The maximum Gasteiger partial charge on any atom is 0 e. The number of rotatable bonds is 0. The number of aliphatic imine (C=N–C) groups is 1. The molecule has 0 aromatic rings. The van der Waals surface area contributed by atoms with Crippen LogP contribution in [-0.2, 0) is 31.0 Å². The molecule has 0 N–H and O–H groups in total. The zero-order chi connectivity index (χ0) is 13.0. The Morgan fingerprint density at radius 1 is 1.06 bits per heavy atom. The molecule has 17 heavy (non-hydrogen) atoms. The fourth-order valence-corrected chi connectivity index (χ4v) is 1.62. The van der Waals surface area contributed by atoms with Crippen molar-refractivity contribution in [2.75, 3.05) is 0 Å². The van der Waals surface area contributed by atoms with Gasteiger partial charge in [-0.1, -0.05) is 24.3 Å². The molecule has 1 heterocycles. The van der Waals surface area contributed by atoms with Crippen molar-refractivity contribution in [2.24, 2.45) is 10.9 Å². The fraction of sp³-hybridized carbons (Fsp3) is 0.333.